The molecular formula is C12H19N5OS. The Bertz CT molecular complexity index is 484. The van der Waals surface area contributed by atoms with Gasteiger partial charge < -0.3 is 21.7 Å². The van der Waals surface area contributed by atoms with Crippen LogP contribution in [0.25, 0.3) is 0 Å². The Labute approximate surface area is 116 Å². The number of aromatic nitrogens is 1. The molecule has 1 aromatic rings. The number of amides is 1. The van der Waals surface area contributed by atoms with Crippen molar-refractivity contribution in [2.24, 2.45) is 5.73 Å². The Morgan fingerprint density at radius 1 is 1.42 bits per heavy atom. The fourth-order valence-electron chi connectivity index (χ4n) is 2.29. The van der Waals surface area contributed by atoms with Crippen molar-refractivity contribution >= 4 is 28.2 Å². The zero-order valence-corrected chi connectivity index (χ0v) is 11.6. The SMILES string of the molecule is Nc1nc(NC2CC2)sc1C(=O)N1CCCC(N)C1. The number of nitrogens with one attached hydrogen (secondary N) is 1. The summed E-state index contributed by atoms with van der Waals surface area (Å²) in [5.41, 5.74) is 11.8. The molecule has 1 saturated heterocycles. The summed E-state index contributed by atoms with van der Waals surface area (Å²) < 4.78 is 0. The predicted octanol–water partition coefficient (Wildman–Crippen LogP) is 0.863. The van der Waals surface area contributed by atoms with Crippen LogP contribution in [-0.4, -0.2) is 41.0 Å². The third kappa shape index (κ3) is 2.82. The maximum Gasteiger partial charge on any atom is 0.267 e. The Morgan fingerprint density at radius 3 is 2.89 bits per heavy atom. The average molecular weight is 281 g/mol. The van der Waals surface area contributed by atoms with E-state index in [1.165, 1.54) is 24.2 Å². The lowest BCUT2D eigenvalue weighted by atomic mass is 10.1. The van der Waals surface area contributed by atoms with Crippen LogP contribution in [0.15, 0.2) is 0 Å². The van der Waals surface area contributed by atoms with Crippen LogP contribution in [0.3, 0.4) is 0 Å². The maximum atomic E-state index is 12.4. The van der Waals surface area contributed by atoms with E-state index < -0.39 is 0 Å². The molecular weight excluding hydrogens is 262 g/mol. The fourth-order valence-corrected chi connectivity index (χ4v) is 3.22. The first-order valence-electron chi connectivity index (χ1n) is 6.71. The summed E-state index contributed by atoms with van der Waals surface area (Å²) in [6.45, 7) is 1.37. The number of carbonyl (C=O) groups is 1. The monoisotopic (exact) mass is 281 g/mol. The lowest BCUT2D eigenvalue weighted by molar-refractivity contribution is 0.0714. The second-order valence-corrected chi connectivity index (χ2v) is 6.30. The maximum absolute atomic E-state index is 12.4. The van der Waals surface area contributed by atoms with E-state index in [1.807, 2.05) is 0 Å². The standard InChI is InChI=1S/C12H19N5OS/c13-7-2-1-5-17(6-7)11(18)9-10(14)16-12(19-9)15-8-3-4-8/h7-8H,1-6,13-14H2,(H,15,16). The molecule has 1 amide bonds. The van der Waals surface area contributed by atoms with Gasteiger partial charge in [0.05, 0.1) is 0 Å². The largest absolute Gasteiger partial charge is 0.382 e. The number of hydrogen-bond donors (Lipinski definition) is 3. The van der Waals surface area contributed by atoms with Gasteiger partial charge in [-0.05, 0) is 25.7 Å². The van der Waals surface area contributed by atoms with E-state index in [0.29, 0.717) is 23.3 Å². The van der Waals surface area contributed by atoms with Crippen molar-refractivity contribution < 1.29 is 4.79 Å². The molecule has 0 spiro atoms. The van der Waals surface area contributed by atoms with Crippen LogP contribution in [0.1, 0.15) is 35.4 Å². The molecule has 1 aliphatic carbocycles. The molecule has 2 heterocycles. The molecule has 6 nitrogen and oxygen atoms in total. The van der Waals surface area contributed by atoms with Crippen LogP contribution in [0.4, 0.5) is 10.9 Å². The summed E-state index contributed by atoms with van der Waals surface area (Å²) in [6.07, 6.45) is 4.28. The Hall–Kier alpha value is -1.34. The smallest absolute Gasteiger partial charge is 0.267 e. The molecule has 3 rings (SSSR count). The number of carbonyl (C=O) groups excluding carboxylic acids is 1. The van der Waals surface area contributed by atoms with Gasteiger partial charge in [-0.1, -0.05) is 11.3 Å². The van der Waals surface area contributed by atoms with Gasteiger partial charge in [0.25, 0.3) is 5.91 Å². The van der Waals surface area contributed by atoms with Crippen molar-refractivity contribution in [2.45, 2.75) is 37.8 Å². The number of hydrogen-bond acceptors (Lipinski definition) is 6. The number of nitrogen functional groups attached to an aromatic ring is 1. The number of nitrogens with two attached hydrogens (primary N) is 2. The second kappa shape index (κ2) is 4.97. The topological polar surface area (TPSA) is 97.3 Å². The Kier molecular flexibility index (Phi) is 3.32. The summed E-state index contributed by atoms with van der Waals surface area (Å²) >= 11 is 1.35. The van der Waals surface area contributed by atoms with Gasteiger partial charge in [-0.15, -0.1) is 0 Å². The van der Waals surface area contributed by atoms with E-state index in [9.17, 15) is 4.79 Å². The molecule has 19 heavy (non-hydrogen) atoms. The number of piperidine rings is 1. The van der Waals surface area contributed by atoms with Crippen LogP contribution >= 0.6 is 11.3 Å². The Balaban J connectivity index is 1.72. The van der Waals surface area contributed by atoms with E-state index in [4.69, 9.17) is 11.5 Å². The van der Waals surface area contributed by atoms with Crippen LogP contribution in [0, 0.1) is 0 Å². The van der Waals surface area contributed by atoms with Crippen molar-refractivity contribution in [1.82, 2.24) is 9.88 Å². The molecule has 104 valence electrons. The van der Waals surface area contributed by atoms with Gasteiger partial charge in [0.1, 0.15) is 10.7 Å². The molecule has 1 aliphatic heterocycles. The second-order valence-electron chi connectivity index (χ2n) is 5.31. The van der Waals surface area contributed by atoms with E-state index in [2.05, 4.69) is 10.3 Å². The van der Waals surface area contributed by atoms with E-state index in [1.54, 1.807) is 4.90 Å². The van der Waals surface area contributed by atoms with E-state index in [-0.39, 0.29) is 11.9 Å². The highest BCUT2D eigenvalue weighted by molar-refractivity contribution is 7.18. The van der Waals surface area contributed by atoms with E-state index in [0.717, 1.165) is 24.5 Å². The molecule has 1 atom stereocenters. The summed E-state index contributed by atoms with van der Waals surface area (Å²) in [5.74, 6) is 0.297. The molecule has 1 saturated carbocycles. The van der Waals surface area contributed by atoms with Crippen molar-refractivity contribution in [2.75, 3.05) is 24.1 Å². The van der Waals surface area contributed by atoms with Crippen LogP contribution in [-0.2, 0) is 0 Å². The lowest BCUT2D eigenvalue weighted by Crippen LogP contribution is -2.45. The normalized spacial score (nSPS) is 23.4. The van der Waals surface area contributed by atoms with Gasteiger partial charge in [0.15, 0.2) is 5.13 Å². The van der Waals surface area contributed by atoms with Crippen LogP contribution < -0.4 is 16.8 Å². The summed E-state index contributed by atoms with van der Waals surface area (Å²) in [7, 11) is 0. The quantitative estimate of drug-likeness (QED) is 0.763. The number of thiazole rings is 1. The minimum Gasteiger partial charge on any atom is -0.382 e. The number of anilines is 2. The molecule has 7 heteroatoms. The van der Waals surface area contributed by atoms with Gasteiger partial charge in [0, 0.05) is 25.2 Å². The highest BCUT2D eigenvalue weighted by Crippen LogP contribution is 2.31. The number of nitrogens with zero attached hydrogens (tertiary/aromatic N) is 2. The van der Waals surface area contributed by atoms with Gasteiger partial charge >= 0.3 is 0 Å². The molecule has 1 unspecified atom stereocenters. The molecule has 5 N–H and O–H groups in total. The van der Waals surface area contributed by atoms with Gasteiger partial charge in [0.2, 0.25) is 0 Å². The number of rotatable bonds is 3. The molecule has 0 radical (unpaired) electrons. The minimum absolute atomic E-state index is 0.0333. The van der Waals surface area contributed by atoms with Gasteiger partial charge in [-0.3, -0.25) is 4.79 Å². The van der Waals surface area contributed by atoms with Crippen molar-refractivity contribution in [1.29, 1.82) is 0 Å². The van der Waals surface area contributed by atoms with Crippen molar-refractivity contribution in [3.05, 3.63) is 4.88 Å². The number of likely N-dealkylation sites (tertiary alicyclic amines) is 1. The van der Waals surface area contributed by atoms with Gasteiger partial charge in [-0.25, -0.2) is 4.98 Å². The molecule has 0 bridgehead atoms. The lowest BCUT2D eigenvalue weighted by Gasteiger charge is -2.30. The summed E-state index contributed by atoms with van der Waals surface area (Å²) in [5, 5.41) is 4.03. The zero-order valence-electron chi connectivity index (χ0n) is 10.8. The zero-order chi connectivity index (χ0) is 13.4. The van der Waals surface area contributed by atoms with Crippen LogP contribution in [0.5, 0.6) is 0 Å². The Morgan fingerprint density at radius 2 is 2.21 bits per heavy atom. The fraction of sp³-hybridized carbons (Fsp3) is 0.667. The predicted molar refractivity (Wildman–Crippen MR) is 76.3 cm³/mol. The van der Waals surface area contributed by atoms with E-state index >= 15 is 0 Å². The van der Waals surface area contributed by atoms with Crippen molar-refractivity contribution in [3.8, 4) is 0 Å². The molecule has 0 aromatic carbocycles. The summed E-state index contributed by atoms with van der Waals surface area (Å²) in [4.78, 5) is 19.0. The summed E-state index contributed by atoms with van der Waals surface area (Å²) in [6, 6.07) is 0.591. The first kappa shape index (κ1) is 12.7. The molecule has 2 fully saturated rings. The molecule has 2 aliphatic rings. The van der Waals surface area contributed by atoms with Crippen molar-refractivity contribution in [3.63, 3.8) is 0 Å². The van der Waals surface area contributed by atoms with Crippen LogP contribution in [0.2, 0.25) is 0 Å². The molecule has 1 aromatic heterocycles. The average Bonchev–Trinajstić information content (AvgIpc) is 3.11. The minimum atomic E-state index is -0.0333. The third-order valence-corrected chi connectivity index (χ3v) is 4.49. The third-order valence-electron chi connectivity index (χ3n) is 3.50. The first-order valence-corrected chi connectivity index (χ1v) is 7.53. The highest BCUT2D eigenvalue weighted by Gasteiger charge is 2.28. The first-order chi connectivity index (χ1) is 9.13. The van der Waals surface area contributed by atoms with Gasteiger partial charge in [-0.2, -0.15) is 0 Å². The highest BCUT2D eigenvalue weighted by atomic mass is 32.1.